The third kappa shape index (κ3) is 5.66. The van der Waals surface area contributed by atoms with E-state index in [1.54, 1.807) is 19.2 Å². The highest BCUT2D eigenvalue weighted by atomic mass is 35.5. The maximum absolute atomic E-state index is 13.5. The van der Waals surface area contributed by atoms with Gasteiger partial charge in [0.25, 0.3) is 11.7 Å². The van der Waals surface area contributed by atoms with Crippen LogP contribution in [0.4, 0.5) is 0 Å². The summed E-state index contributed by atoms with van der Waals surface area (Å²) in [5.74, 6) is -0.734. The molecule has 1 atom stereocenters. The van der Waals surface area contributed by atoms with Crippen molar-refractivity contribution in [3.05, 3.63) is 99.1 Å². The summed E-state index contributed by atoms with van der Waals surface area (Å²) in [5.41, 5.74) is 3.84. The van der Waals surface area contributed by atoms with Crippen LogP contribution in [-0.2, 0) is 21.4 Å². The second-order valence-electron chi connectivity index (χ2n) is 10.8. The molecule has 0 aromatic heterocycles. The summed E-state index contributed by atoms with van der Waals surface area (Å²) in [6, 6.07) is 18.1. The van der Waals surface area contributed by atoms with Crippen molar-refractivity contribution in [1.82, 2.24) is 4.90 Å². The Labute approximate surface area is 234 Å². The summed E-state index contributed by atoms with van der Waals surface area (Å²) in [5, 5.41) is 11.9. The largest absolute Gasteiger partial charge is 0.507 e. The molecular formula is C32H34ClNO5. The number of hydrogen-bond acceptors (Lipinski definition) is 5. The molecule has 1 heterocycles. The summed E-state index contributed by atoms with van der Waals surface area (Å²) in [7, 11) is 3.05. The first kappa shape index (κ1) is 28.2. The van der Waals surface area contributed by atoms with Crippen LogP contribution in [0, 0.1) is 6.92 Å². The highest BCUT2D eigenvalue weighted by Gasteiger charge is 2.46. The van der Waals surface area contributed by atoms with Gasteiger partial charge in [-0.3, -0.25) is 9.59 Å². The number of aliphatic hydroxyl groups is 1. The number of ether oxygens (including phenoxy) is 2. The molecule has 204 valence electrons. The average molecular weight is 548 g/mol. The van der Waals surface area contributed by atoms with Crippen molar-refractivity contribution >= 4 is 29.1 Å². The van der Waals surface area contributed by atoms with E-state index in [-0.39, 0.29) is 34.6 Å². The molecule has 1 aliphatic heterocycles. The zero-order chi connectivity index (χ0) is 28.5. The van der Waals surface area contributed by atoms with Gasteiger partial charge in [0, 0.05) is 6.54 Å². The van der Waals surface area contributed by atoms with E-state index in [9.17, 15) is 14.7 Å². The van der Waals surface area contributed by atoms with Crippen LogP contribution in [0.3, 0.4) is 0 Å². The number of carbonyl (C=O) groups excluding carboxylic acids is 2. The number of nitrogens with zero attached hydrogens (tertiary/aromatic N) is 1. The van der Waals surface area contributed by atoms with Crippen molar-refractivity contribution in [2.24, 2.45) is 0 Å². The van der Waals surface area contributed by atoms with E-state index in [2.05, 4.69) is 20.8 Å². The monoisotopic (exact) mass is 547 g/mol. The van der Waals surface area contributed by atoms with Crippen LogP contribution in [0.2, 0.25) is 5.02 Å². The lowest BCUT2D eigenvalue weighted by atomic mass is 9.85. The highest BCUT2D eigenvalue weighted by molar-refractivity contribution is 6.46. The predicted molar refractivity (Wildman–Crippen MR) is 154 cm³/mol. The van der Waals surface area contributed by atoms with Gasteiger partial charge >= 0.3 is 0 Å². The molecule has 3 aromatic carbocycles. The molecule has 0 spiro atoms. The second kappa shape index (κ2) is 11.1. The topological polar surface area (TPSA) is 76.1 Å². The number of methoxy groups -OCH3 is 2. The summed E-state index contributed by atoms with van der Waals surface area (Å²) in [6.45, 7) is 8.48. The summed E-state index contributed by atoms with van der Waals surface area (Å²) >= 11 is 6.40. The van der Waals surface area contributed by atoms with Gasteiger partial charge in [-0.15, -0.1) is 0 Å². The van der Waals surface area contributed by atoms with Crippen LogP contribution in [0.25, 0.3) is 5.76 Å². The molecule has 0 aliphatic carbocycles. The normalized spacial score (nSPS) is 17.0. The molecule has 6 nitrogen and oxygen atoms in total. The van der Waals surface area contributed by atoms with E-state index in [1.807, 2.05) is 55.5 Å². The zero-order valence-corrected chi connectivity index (χ0v) is 23.9. The molecule has 1 amide bonds. The van der Waals surface area contributed by atoms with Crippen LogP contribution >= 0.6 is 11.6 Å². The molecule has 1 N–H and O–H groups in total. The maximum Gasteiger partial charge on any atom is 0.295 e. The lowest BCUT2D eigenvalue weighted by Crippen LogP contribution is -2.31. The Morgan fingerprint density at radius 2 is 1.62 bits per heavy atom. The van der Waals surface area contributed by atoms with E-state index < -0.39 is 17.7 Å². The minimum Gasteiger partial charge on any atom is -0.507 e. The van der Waals surface area contributed by atoms with Crippen LogP contribution < -0.4 is 9.47 Å². The Morgan fingerprint density at radius 1 is 0.974 bits per heavy atom. The van der Waals surface area contributed by atoms with Crippen LogP contribution in [0.15, 0.2) is 66.2 Å². The van der Waals surface area contributed by atoms with Crippen LogP contribution in [0.1, 0.15) is 54.6 Å². The zero-order valence-electron chi connectivity index (χ0n) is 23.2. The highest BCUT2D eigenvalue weighted by Crippen LogP contribution is 2.43. The number of hydrogen-bond donors (Lipinski definition) is 1. The van der Waals surface area contributed by atoms with Gasteiger partial charge in [0.15, 0.2) is 0 Å². The Morgan fingerprint density at radius 3 is 2.18 bits per heavy atom. The minimum absolute atomic E-state index is 0.0122. The summed E-state index contributed by atoms with van der Waals surface area (Å²) in [4.78, 5) is 28.5. The van der Waals surface area contributed by atoms with Crippen molar-refractivity contribution in [2.45, 2.75) is 45.6 Å². The summed E-state index contributed by atoms with van der Waals surface area (Å²) in [6.07, 6.45) is 0.521. The van der Waals surface area contributed by atoms with Gasteiger partial charge in [-0.05, 0) is 65.3 Å². The Hall–Kier alpha value is -3.77. The van der Waals surface area contributed by atoms with Crippen molar-refractivity contribution in [2.75, 3.05) is 20.8 Å². The number of rotatable bonds is 7. The number of likely N-dealkylation sites (tertiary alicyclic amines) is 1. The van der Waals surface area contributed by atoms with Gasteiger partial charge in [-0.25, -0.2) is 0 Å². The second-order valence-corrected chi connectivity index (χ2v) is 11.2. The Balaban J connectivity index is 1.83. The minimum atomic E-state index is -0.777. The van der Waals surface area contributed by atoms with Crippen molar-refractivity contribution in [3.8, 4) is 11.5 Å². The van der Waals surface area contributed by atoms with Crippen molar-refractivity contribution in [1.29, 1.82) is 0 Å². The average Bonchev–Trinajstić information content (AvgIpc) is 3.16. The molecule has 1 aliphatic rings. The molecule has 1 saturated heterocycles. The van der Waals surface area contributed by atoms with Crippen molar-refractivity contribution < 1.29 is 24.2 Å². The fraction of sp³-hybridized carbons (Fsp3) is 0.312. The number of aliphatic hydroxyl groups excluding tert-OH is 1. The smallest absolute Gasteiger partial charge is 0.295 e. The number of carbonyl (C=O) groups is 2. The third-order valence-electron chi connectivity index (χ3n) is 7.08. The van der Waals surface area contributed by atoms with Gasteiger partial charge in [0.2, 0.25) is 0 Å². The molecule has 1 fully saturated rings. The molecule has 39 heavy (non-hydrogen) atoms. The van der Waals surface area contributed by atoms with E-state index in [0.717, 1.165) is 28.0 Å². The predicted octanol–water partition coefficient (Wildman–Crippen LogP) is 6.63. The number of benzene rings is 3. The Kier molecular flexibility index (Phi) is 8.07. The number of amides is 1. The van der Waals surface area contributed by atoms with Gasteiger partial charge in [-0.2, -0.15) is 0 Å². The Bertz CT molecular complexity index is 1420. The number of ketones is 1. The maximum atomic E-state index is 13.5. The molecule has 0 radical (unpaired) electrons. The number of aryl methyl sites for hydroxylation is 1. The molecular weight excluding hydrogens is 514 g/mol. The fourth-order valence-corrected chi connectivity index (χ4v) is 5.27. The van der Waals surface area contributed by atoms with E-state index in [0.29, 0.717) is 11.4 Å². The number of Topliss-reactive ketones (excluding diaryl/α,β-unsaturated/α-hetero) is 1. The quantitative estimate of drug-likeness (QED) is 0.204. The molecule has 4 rings (SSSR count). The van der Waals surface area contributed by atoms with Gasteiger partial charge in [-0.1, -0.05) is 68.8 Å². The molecule has 0 saturated carbocycles. The molecule has 1 unspecified atom stereocenters. The van der Waals surface area contributed by atoms with Gasteiger partial charge in [0.05, 0.1) is 36.4 Å². The molecule has 7 heteroatoms. The first-order chi connectivity index (χ1) is 18.5. The van der Waals surface area contributed by atoms with E-state index in [1.165, 1.54) is 12.0 Å². The fourth-order valence-electron chi connectivity index (χ4n) is 4.92. The molecule has 0 bridgehead atoms. The third-order valence-corrected chi connectivity index (χ3v) is 7.36. The van der Waals surface area contributed by atoms with Gasteiger partial charge in [0.1, 0.15) is 17.3 Å². The molecule has 3 aromatic rings. The van der Waals surface area contributed by atoms with Gasteiger partial charge < -0.3 is 19.5 Å². The van der Waals surface area contributed by atoms with Crippen LogP contribution in [-0.4, -0.2) is 42.5 Å². The first-order valence-electron chi connectivity index (χ1n) is 12.8. The first-order valence-corrected chi connectivity index (χ1v) is 13.2. The number of halogens is 1. The van der Waals surface area contributed by atoms with Crippen molar-refractivity contribution in [3.63, 3.8) is 0 Å². The lowest BCUT2D eigenvalue weighted by molar-refractivity contribution is -0.139. The van der Waals surface area contributed by atoms with E-state index in [4.69, 9.17) is 21.1 Å². The lowest BCUT2D eigenvalue weighted by Gasteiger charge is -2.27. The van der Waals surface area contributed by atoms with Crippen LogP contribution in [0.5, 0.6) is 11.5 Å². The van der Waals surface area contributed by atoms with E-state index >= 15 is 0 Å². The standard InChI is InChI=1S/C32H34ClNO5/c1-19-17-24(30(39-6)25(33)18-19)28(35)26-27(21-9-11-22(12-10-21)32(2,3)4)34(31(37)29(26)36)16-15-20-7-13-23(38-5)14-8-20/h7-14,17-18,27,35H,15-16H2,1-6H3/b28-26+. The summed E-state index contributed by atoms with van der Waals surface area (Å²) < 4.78 is 10.7. The SMILES string of the molecule is COc1ccc(CCN2C(=O)C(=O)/C(=C(/O)c3cc(C)cc(Cl)c3OC)C2c2ccc(C(C)(C)C)cc2)cc1.